The second-order valence-corrected chi connectivity index (χ2v) is 6.74. The lowest BCUT2D eigenvalue weighted by atomic mass is 9.98. The third-order valence-corrected chi connectivity index (χ3v) is 4.99. The van der Waals surface area contributed by atoms with Gasteiger partial charge in [-0.05, 0) is 31.1 Å². The molecular formula is C22H27N3O. The van der Waals surface area contributed by atoms with Gasteiger partial charge in [0.05, 0.1) is 18.3 Å². The van der Waals surface area contributed by atoms with Crippen molar-refractivity contribution in [1.82, 2.24) is 9.91 Å². The van der Waals surface area contributed by atoms with E-state index in [-0.39, 0.29) is 11.9 Å². The van der Waals surface area contributed by atoms with E-state index in [1.54, 1.807) is 5.01 Å². The smallest absolute Gasteiger partial charge is 0.257 e. The van der Waals surface area contributed by atoms with Crippen molar-refractivity contribution in [2.45, 2.75) is 33.2 Å². The first kappa shape index (κ1) is 18.3. The molecule has 2 aromatic rings. The molecular weight excluding hydrogens is 322 g/mol. The molecule has 4 heteroatoms. The Labute approximate surface area is 156 Å². The first-order chi connectivity index (χ1) is 12.6. The van der Waals surface area contributed by atoms with E-state index in [1.165, 1.54) is 5.56 Å². The Morgan fingerprint density at radius 3 is 2.35 bits per heavy atom. The maximum Gasteiger partial charge on any atom is 0.257 e. The van der Waals surface area contributed by atoms with Crippen molar-refractivity contribution in [3.63, 3.8) is 0 Å². The molecule has 26 heavy (non-hydrogen) atoms. The zero-order valence-electron chi connectivity index (χ0n) is 15.9. The molecule has 1 amide bonds. The number of hydrogen-bond donors (Lipinski definition) is 0. The SMILES string of the molecule is CCN(CC)CC(=O)N1N=C(c2ccccc2)CC1c1ccc(C)cc1. The van der Waals surface area contributed by atoms with Crippen molar-refractivity contribution in [2.24, 2.45) is 5.10 Å². The zero-order valence-corrected chi connectivity index (χ0v) is 15.9. The monoisotopic (exact) mass is 349 g/mol. The number of nitrogens with zero attached hydrogens (tertiary/aromatic N) is 3. The van der Waals surface area contributed by atoms with Gasteiger partial charge in [0.25, 0.3) is 5.91 Å². The van der Waals surface area contributed by atoms with Gasteiger partial charge in [-0.15, -0.1) is 0 Å². The molecule has 3 rings (SSSR count). The first-order valence-corrected chi connectivity index (χ1v) is 9.36. The van der Waals surface area contributed by atoms with E-state index in [9.17, 15) is 4.79 Å². The highest BCUT2D eigenvalue weighted by Gasteiger charge is 2.33. The quantitative estimate of drug-likeness (QED) is 0.790. The third-order valence-electron chi connectivity index (χ3n) is 4.99. The molecule has 4 nitrogen and oxygen atoms in total. The van der Waals surface area contributed by atoms with Crippen molar-refractivity contribution < 1.29 is 4.79 Å². The summed E-state index contributed by atoms with van der Waals surface area (Å²) < 4.78 is 0. The fourth-order valence-electron chi connectivity index (χ4n) is 3.30. The number of carbonyl (C=O) groups is 1. The first-order valence-electron chi connectivity index (χ1n) is 9.36. The molecule has 0 N–H and O–H groups in total. The van der Waals surface area contributed by atoms with Crippen molar-refractivity contribution in [1.29, 1.82) is 0 Å². The zero-order chi connectivity index (χ0) is 18.5. The van der Waals surface area contributed by atoms with Gasteiger partial charge in [0.2, 0.25) is 0 Å². The Morgan fingerprint density at radius 1 is 1.08 bits per heavy atom. The van der Waals surface area contributed by atoms with Gasteiger partial charge in [-0.25, -0.2) is 5.01 Å². The highest BCUT2D eigenvalue weighted by atomic mass is 16.2. The number of benzene rings is 2. The van der Waals surface area contributed by atoms with E-state index in [2.05, 4.69) is 62.1 Å². The topological polar surface area (TPSA) is 35.9 Å². The van der Waals surface area contributed by atoms with E-state index in [1.807, 2.05) is 18.2 Å². The van der Waals surface area contributed by atoms with E-state index in [0.29, 0.717) is 6.54 Å². The van der Waals surface area contributed by atoms with Crippen LogP contribution in [0, 0.1) is 6.92 Å². The van der Waals surface area contributed by atoms with Gasteiger partial charge in [0.1, 0.15) is 0 Å². The lowest BCUT2D eigenvalue weighted by Gasteiger charge is -2.25. The number of amides is 1. The lowest BCUT2D eigenvalue weighted by Crippen LogP contribution is -2.38. The van der Waals surface area contributed by atoms with Crippen LogP contribution >= 0.6 is 0 Å². The maximum atomic E-state index is 13.0. The summed E-state index contributed by atoms with van der Waals surface area (Å²) in [5.41, 5.74) is 4.42. The summed E-state index contributed by atoms with van der Waals surface area (Å²) in [6, 6.07) is 18.5. The van der Waals surface area contributed by atoms with Gasteiger partial charge >= 0.3 is 0 Å². The average Bonchev–Trinajstić information content (AvgIpc) is 3.13. The number of carbonyl (C=O) groups excluding carboxylic acids is 1. The Morgan fingerprint density at radius 2 is 1.73 bits per heavy atom. The molecule has 1 aliphatic rings. The summed E-state index contributed by atoms with van der Waals surface area (Å²) >= 11 is 0. The fourth-order valence-corrected chi connectivity index (χ4v) is 3.30. The van der Waals surface area contributed by atoms with Gasteiger partial charge in [-0.1, -0.05) is 74.0 Å². The minimum Gasteiger partial charge on any atom is -0.295 e. The summed E-state index contributed by atoms with van der Waals surface area (Å²) in [4.78, 5) is 15.1. The molecule has 1 atom stereocenters. The van der Waals surface area contributed by atoms with Gasteiger partial charge in [-0.3, -0.25) is 9.69 Å². The number of rotatable bonds is 6. The maximum absolute atomic E-state index is 13.0. The summed E-state index contributed by atoms with van der Waals surface area (Å²) in [6.07, 6.45) is 0.747. The van der Waals surface area contributed by atoms with Crippen molar-refractivity contribution in [3.05, 3.63) is 71.3 Å². The van der Waals surface area contributed by atoms with Crippen molar-refractivity contribution in [3.8, 4) is 0 Å². The van der Waals surface area contributed by atoms with Crippen LogP contribution in [0.25, 0.3) is 0 Å². The second kappa shape index (κ2) is 8.28. The molecule has 0 aromatic heterocycles. The van der Waals surface area contributed by atoms with Gasteiger partial charge < -0.3 is 0 Å². The molecule has 0 bridgehead atoms. The van der Waals surface area contributed by atoms with Crippen LogP contribution < -0.4 is 0 Å². The summed E-state index contributed by atoms with van der Waals surface area (Å²) in [5, 5.41) is 6.43. The van der Waals surface area contributed by atoms with Crippen LogP contribution in [0.2, 0.25) is 0 Å². The van der Waals surface area contributed by atoms with Gasteiger partial charge in [-0.2, -0.15) is 5.10 Å². The van der Waals surface area contributed by atoms with E-state index in [0.717, 1.165) is 36.3 Å². The fraction of sp³-hybridized carbons (Fsp3) is 0.364. The molecule has 0 spiro atoms. The van der Waals surface area contributed by atoms with Crippen LogP contribution in [0.3, 0.4) is 0 Å². The number of hydrazone groups is 1. The molecule has 0 saturated carbocycles. The molecule has 0 radical (unpaired) electrons. The highest BCUT2D eigenvalue weighted by molar-refractivity contribution is 6.03. The summed E-state index contributed by atoms with van der Waals surface area (Å²) in [7, 11) is 0. The van der Waals surface area contributed by atoms with E-state index in [4.69, 9.17) is 5.10 Å². The van der Waals surface area contributed by atoms with E-state index < -0.39 is 0 Å². The Bertz CT molecular complexity index is 764. The normalized spacial score (nSPS) is 16.8. The number of hydrogen-bond acceptors (Lipinski definition) is 3. The van der Waals surface area contributed by atoms with Crippen molar-refractivity contribution >= 4 is 11.6 Å². The summed E-state index contributed by atoms with van der Waals surface area (Å²) in [5.74, 6) is 0.0604. The minimum absolute atomic E-state index is 0.0335. The standard InChI is InChI=1S/C22H27N3O/c1-4-24(5-2)16-22(26)25-21(19-13-11-17(3)12-14-19)15-20(23-25)18-9-7-6-8-10-18/h6-14,21H,4-5,15-16H2,1-3H3. The second-order valence-electron chi connectivity index (χ2n) is 6.74. The Balaban J connectivity index is 1.89. The van der Waals surface area contributed by atoms with Crippen LogP contribution in [-0.2, 0) is 4.79 Å². The minimum atomic E-state index is -0.0335. The molecule has 0 aliphatic carbocycles. The molecule has 0 fully saturated rings. The average molecular weight is 349 g/mol. The largest absolute Gasteiger partial charge is 0.295 e. The Kier molecular flexibility index (Phi) is 5.84. The number of aryl methyl sites for hydroxylation is 1. The van der Waals surface area contributed by atoms with Crippen molar-refractivity contribution in [2.75, 3.05) is 19.6 Å². The molecule has 136 valence electrons. The molecule has 1 aliphatic heterocycles. The third kappa shape index (κ3) is 4.02. The van der Waals surface area contributed by atoms with Crippen LogP contribution in [0.4, 0.5) is 0 Å². The predicted molar refractivity (Wildman–Crippen MR) is 106 cm³/mol. The van der Waals surface area contributed by atoms with Crippen LogP contribution in [0.15, 0.2) is 59.7 Å². The van der Waals surface area contributed by atoms with Crippen LogP contribution in [-0.4, -0.2) is 41.2 Å². The van der Waals surface area contributed by atoms with Crippen LogP contribution in [0.1, 0.15) is 43.0 Å². The molecule has 1 unspecified atom stereocenters. The summed E-state index contributed by atoms with van der Waals surface area (Å²) in [6.45, 7) is 8.36. The molecule has 1 heterocycles. The van der Waals surface area contributed by atoms with Gasteiger partial charge in [0, 0.05) is 6.42 Å². The lowest BCUT2D eigenvalue weighted by molar-refractivity contribution is -0.134. The van der Waals surface area contributed by atoms with Gasteiger partial charge in [0.15, 0.2) is 0 Å². The number of likely N-dealkylation sites (N-methyl/N-ethyl adjacent to an activating group) is 1. The van der Waals surface area contributed by atoms with E-state index >= 15 is 0 Å². The predicted octanol–water partition coefficient (Wildman–Crippen LogP) is 4.01. The highest BCUT2D eigenvalue weighted by Crippen LogP contribution is 2.33. The van der Waals surface area contributed by atoms with Crippen LogP contribution in [0.5, 0.6) is 0 Å². The molecule has 2 aromatic carbocycles. The Hall–Kier alpha value is -2.46. The molecule has 0 saturated heterocycles.